The van der Waals surface area contributed by atoms with E-state index in [2.05, 4.69) is 38.5 Å². The predicted molar refractivity (Wildman–Crippen MR) is 48.7 cm³/mol. The third-order valence-electron chi connectivity index (χ3n) is 1.24. The Labute approximate surface area is 95.9 Å². The molecule has 0 spiro atoms. The normalized spacial score (nSPS) is 7.36. The van der Waals surface area contributed by atoms with Crippen molar-refractivity contribution in [2.24, 2.45) is 0 Å². The van der Waals surface area contributed by atoms with Gasteiger partial charge in [-0.1, -0.05) is 49.0 Å². The van der Waals surface area contributed by atoms with Gasteiger partial charge in [0.2, 0.25) is 0 Å². The van der Waals surface area contributed by atoms with Crippen LogP contribution in [0.4, 0.5) is 0 Å². The van der Waals surface area contributed by atoms with Gasteiger partial charge in [0.25, 0.3) is 0 Å². The van der Waals surface area contributed by atoms with Crippen molar-refractivity contribution in [2.45, 2.75) is 13.2 Å². The smallest absolute Gasteiger partial charge is 0.151 e. The minimum atomic E-state index is 0. The molecule has 0 saturated heterocycles. The zero-order valence-electron chi connectivity index (χ0n) is 7.25. The summed E-state index contributed by atoms with van der Waals surface area (Å²) in [6.45, 7) is 2.15. The number of hydrogen-bond donors (Lipinski definition) is 0. The SMILES string of the molecule is CC[B]c1ccccc1.[CH3-].[Y]. The summed E-state index contributed by atoms with van der Waals surface area (Å²) in [5, 5.41) is 0. The molecule has 0 aliphatic heterocycles. The molecular weight excluding hydrogens is 208 g/mol. The summed E-state index contributed by atoms with van der Waals surface area (Å²) < 4.78 is 0. The second-order valence-electron chi connectivity index (χ2n) is 2.02. The average Bonchev–Trinajstić information content (AvgIpc) is 1.91. The predicted octanol–water partition coefficient (Wildman–Crippen LogP) is 1.90. The van der Waals surface area contributed by atoms with Gasteiger partial charge in [-0.05, 0) is 0 Å². The van der Waals surface area contributed by atoms with Gasteiger partial charge in [-0.25, -0.2) is 0 Å². The van der Waals surface area contributed by atoms with Crippen LogP contribution in [0.2, 0.25) is 6.32 Å². The maximum atomic E-state index is 2.21. The summed E-state index contributed by atoms with van der Waals surface area (Å²) in [5.41, 5.74) is 1.32. The van der Waals surface area contributed by atoms with Crippen LogP contribution in [-0.4, -0.2) is 7.28 Å². The molecule has 11 heavy (non-hydrogen) atoms. The molecule has 2 heteroatoms. The van der Waals surface area contributed by atoms with E-state index in [1.165, 1.54) is 5.46 Å². The van der Waals surface area contributed by atoms with Crippen molar-refractivity contribution < 1.29 is 32.7 Å². The van der Waals surface area contributed by atoms with Crippen molar-refractivity contribution in [2.75, 3.05) is 0 Å². The standard InChI is InChI=1S/C8H10B.CH3.Y/c1-2-9-8-6-4-3-5-7-8;;/h3-7H,2H2,1H3;1H3;/q;-1;. The third-order valence-corrected chi connectivity index (χ3v) is 1.24. The fourth-order valence-electron chi connectivity index (χ4n) is 0.825. The summed E-state index contributed by atoms with van der Waals surface area (Å²) in [6, 6.07) is 10.4. The van der Waals surface area contributed by atoms with Crippen LogP contribution in [0.1, 0.15) is 6.92 Å². The Morgan fingerprint density at radius 3 is 2.18 bits per heavy atom. The van der Waals surface area contributed by atoms with E-state index in [0.717, 1.165) is 6.32 Å². The van der Waals surface area contributed by atoms with Crippen LogP contribution >= 0.6 is 0 Å². The number of hydrogen-bond acceptors (Lipinski definition) is 0. The van der Waals surface area contributed by atoms with E-state index in [9.17, 15) is 0 Å². The second kappa shape index (κ2) is 8.49. The molecule has 0 N–H and O–H groups in total. The van der Waals surface area contributed by atoms with Crippen molar-refractivity contribution in [1.82, 2.24) is 0 Å². The first kappa shape index (κ1) is 13.9. The van der Waals surface area contributed by atoms with Gasteiger partial charge < -0.3 is 7.43 Å². The summed E-state index contributed by atoms with van der Waals surface area (Å²) in [4.78, 5) is 0. The molecule has 0 aliphatic carbocycles. The molecule has 0 aliphatic rings. The molecule has 0 atom stereocenters. The van der Waals surface area contributed by atoms with Gasteiger partial charge >= 0.3 is 0 Å². The molecule has 0 heterocycles. The van der Waals surface area contributed by atoms with E-state index in [4.69, 9.17) is 0 Å². The fourth-order valence-corrected chi connectivity index (χ4v) is 0.825. The first-order valence-electron chi connectivity index (χ1n) is 3.31. The Morgan fingerprint density at radius 2 is 1.73 bits per heavy atom. The van der Waals surface area contributed by atoms with E-state index in [1.54, 1.807) is 0 Å². The van der Waals surface area contributed by atoms with Gasteiger partial charge in [0.1, 0.15) is 0 Å². The van der Waals surface area contributed by atoms with E-state index >= 15 is 0 Å². The molecule has 0 bridgehead atoms. The molecule has 0 fully saturated rings. The summed E-state index contributed by atoms with van der Waals surface area (Å²) in [6.07, 6.45) is 1.12. The fraction of sp³-hybridized carbons (Fsp3) is 0.222. The van der Waals surface area contributed by atoms with Crippen LogP contribution in [0.5, 0.6) is 0 Å². The van der Waals surface area contributed by atoms with Gasteiger partial charge in [0.05, 0.1) is 0 Å². The summed E-state index contributed by atoms with van der Waals surface area (Å²) >= 11 is 0. The maximum Gasteiger partial charge on any atom is 0.151 e. The Balaban J connectivity index is 0. The van der Waals surface area contributed by atoms with Crippen molar-refractivity contribution in [3.05, 3.63) is 37.8 Å². The molecule has 1 aromatic carbocycles. The van der Waals surface area contributed by atoms with E-state index in [-0.39, 0.29) is 40.1 Å². The summed E-state index contributed by atoms with van der Waals surface area (Å²) in [5.74, 6) is 0. The van der Waals surface area contributed by atoms with E-state index < -0.39 is 0 Å². The van der Waals surface area contributed by atoms with Gasteiger partial charge in [-0.15, -0.1) is 0 Å². The Bertz CT molecular complexity index is 162. The first-order valence-corrected chi connectivity index (χ1v) is 3.31. The van der Waals surface area contributed by atoms with Gasteiger partial charge in [0.15, 0.2) is 7.28 Å². The molecule has 0 aromatic heterocycles. The number of rotatable bonds is 2. The quantitative estimate of drug-likeness (QED) is 0.528. The average molecular weight is 221 g/mol. The van der Waals surface area contributed by atoms with Crippen LogP contribution in [0.3, 0.4) is 0 Å². The van der Waals surface area contributed by atoms with Crippen molar-refractivity contribution in [3.63, 3.8) is 0 Å². The molecule has 0 amide bonds. The zero-order valence-corrected chi connectivity index (χ0v) is 10.1. The molecule has 1 rings (SSSR count). The van der Waals surface area contributed by atoms with E-state index in [1.807, 2.05) is 6.07 Å². The first-order chi connectivity index (χ1) is 4.43. The third kappa shape index (κ3) is 5.64. The number of benzene rings is 1. The van der Waals surface area contributed by atoms with E-state index in [0.29, 0.717) is 0 Å². The minimum Gasteiger partial charge on any atom is -0.358 e. The Kier molecular flexibility index (Phi) is 10.8. The van der Waals surface area contributed by atoms with Gasteiger partial charge in [-0.2, -0.15) is 0 Å². The topological polar surface area (TPSA) is 0 Å². The monoisotopic (exact) mass is 221 g/mol. The zero-order chi connectivity index (χ0) is 6.53. The molecular formula is C9H13BY-. The molecule has 2 radical (unpaired) electrons. The Morgan fingerprint density at radius 1 is 1.18 bits per heavy atom. The van der Waals surface area contributed by atoms with Crippen LogP contribution in [0.25, 0.3) is 0 Å². The largest absolute Gasteiger partial charge is 0.358 e. The van der Waals surface area contributed by atoms with Crippen LogP contribution in [0.15, 0.2) is 30.3 Å². The minimum absolute atomic E-state index is 0. The molecule has 1 aromatic rings. The Hall–Kier alpha value is 0.389. The van der Waals surface area contributed by atoms with Crippen LogP contribution in [-0.2, 0) is 32.7 Å². The maximum absolute atomic E-state index is 2.21. The molecule has 0 saturated carbocycles. The summed E-state index contributed by atoms with van der Waals surface area (Å²) in [7, 11) is 2.21. The van der Waals surface area contributed by atoms with Crippen LogP contribution < -0.4 is 5.46 Å². The molecule has 0 nitrogen and oxygen atoms in total. The van der Waals surface area contributed by atoms with Crippen LogP contribution in [0, 0.1) is 7.43 Å². The molecule has 0 unspecified atom stereocenters. The second-order valence-corrected chi connectivity index (χ2v) is 2.02. The van der Waals surface area contributed by atoms with Gasteiger partial charge in [-0.3, -0.25) is 0 Å². The molecule has 56 valence electrons. The van der Waals surface area contributed by atoms with Crippen molar-refractivity contribution in [3.8, 4) is 0 Å². The van der Waals surface area contributed by atoms with Crippen molar-refractivity contribution >= 4 is 12.7 Å². The van der Waals surface area contributed by atoms with Crippen molar-refractivity contribution in [1.29, 1.82) is 0 Å². The van der Waals surface area contributed by atoms with Gasteiger partial charge in [0, 0.05) is 32.7 Å².